The van der Waals surface area contributed by atoms with Crippen molar-refractivity contribution in [3.05, 3.63) is 0 Å². The Balaban J connectivity index is 3.87. The van der Waals surface area contributed by atoms with Gasteiger partial charge in [0.2, 0.25) is 11.8 Å². The molecule has 0 heterocycles. The first kappa shape index (κ1) is 16.9. The van der Waals surface area contributed by atoms with Gasteiger partial charge in [-0.2, -0.15) is 0 Å². The van der Waals surface area contributed by atoms with Gasteiger partial charge in [0, 0.05) is 26.6 Å². The Kier molecular flexibility index (Phi) is 7.54. The van der Waals surface area contributed by atoms with Crippen molar-refractivity contribution < 1.29 is 14.7 Å². The number of carbonyl (C=O) groups is 2. The summed E-state index contributed by atoms with van der Waals surface area (Å²) in [5, 5.41) is 15.0. The minimum Gasteiger partial charge on any atom is -0.389 e. The van der Waals surface area contributed by atoms with Crippen LogP contribution in [0, 0.1) is 0 Å². The second kappa shape index (κ2) is 8.05. The lowest BCUT2D eigenvalue weighted by atomic mass is 10.1. The maximum atomic E-state index is 11.6. The maximum absolute atomic E-state index is 11.6. The molecule has 0 aliphatic heterocycles. The monoisotopic (exact) mass is 259 g/mol. The number of hydrogen-bond donors (Lipinski definition) is 3. The van der Waals surface area contributed by atoms with Gasteiger partial charge in [-0.25, -0.2) is 0 Å². The number of likely N-dealkylation sites (N-methyl/N-ethyl adjacent to an activating group) is 1. The van der Waals surface area contributed by atoms with Crippen LogP contribution in [-0.2, 0) is 9.59 Å². The lowest BCUT2D eigenvalue weighted by Gasteiger charge is -2.27. The molecule has 0 radical (unpaired) electrons. The van der Waals surface area contributed by atoms with Crippen molar-refractivity contribution >= 4 is 11.8 Å². The smallest absolute Gasteiger partial charge is 0.234 e. The number of aliphatic hydroxyl groups is 1. The van der Waals surface area contributed by atoms with E-state index < -0.39 is 5.60 Å². The van der Waals surface area contributed by atoms with Gasteiger partial charge in [0.25, 0.3) is 0 Å². The molecule has 0 saturated heterocycles. The fourth-order valence-corrected chi connectivity index (χ4v) is 1.53. The first-order chi connectivity index (χ1) is 8.24. The van der Waals surface area contributed by atoms with Crippen LogP contribution in [0.5, 0.6) is 0 Å². The van der Waals surface area contributed by atoms with Crippen molar-refractivity contribution in [2.45, 2.75) is 33.3 Å². The number of rotatable bonds is 8. The molecule has 0 aromatic rings. The zero-order valence-electron chi connectivity index (χ0n) is 11.7. The average molecular weight is 259 g/mol. The van der Waals surface area contributed by atoms with Gasteiger partial charge in [-0.15, -0.1) is 0 Å². The molecular formula is C12H25N3O3. The fraction of sp³-hybridized carbons (Fsp3) is 0.833. The molecule has 106 valence electrons. The second-order valence-corrected chi connectivity index (χ2v) is 4.95. The normalized spacial score (nSPS) is 11.4. The standard InChI is InChI=1S/C12H25N3O3/c1-5-15(9-12(3,4)18)8-11(17)14-7-6-13-10(2)16/h18H,5-9H2,1-4H3,(H,13,16)(H,14,17). The molecule has 6 heteroatoms. The van der Waals surface area contributed by atoms with Crippen LogP contribution >= 0.6 is 0 Å². The van der Waals surface area contributed by atoms with E-state index in [4.69, 9.17) is 0 Å². The van der Waals surface area contributed by atoms with Crippen LogP contribution in [0.2, 0.25) is 0 Å². The molecule has 0 aliphatic carbocycles. The summed E-state index contributed by atoms with van der Waals surface area (Å²) in [4.78, 5) is 24.1. The highest BCUT2D eigenvalue weighted by molar-refractivity contribution is 5.78. The Morgan fingerprint density at radius 2 is 1.78 bits per heavy atom. The maximum Gasteiger partial charge on any atom is 0.234 e. The van der Waals surface area contributed by atoms with Crippen LogP contribution in [0.25, 0.3) is 0 Å². The molecule has 0 rings (SSSR count). The van der Waals surface area contributed by atoms with Crippen molar-refractivity contribution in [2.75, 3.05) is 32.7 Å². The molecular weight excluding hydrogens is 234 g/mol. The minimum absolute atomic E-state index is 0.105. The van der Waals surface area contributed by atoms with Crippen LogP contribution in [0.3, 0.4) is 0 Å². The summed E-state index contributed by atoms with van der Waals surface area (Å²) in [6.45, 7) is 9.04. The molecule has 18 heavy (non-hydrogen) atoms. The fourth-order valence-electron chi connectivity index (χ4n) is 1.53. The molecule has 0 aliphatic rings. The summed E-state index contributed by atoms with van der Waals surface area (Å²) in [7, 11) is 0. The third-order valence-corrected chi connectivity index (χ3v) is 2.25. The molecule has 3 N–H and O–H groups in total. The number of carbonyl (C=O) groups excluding carboxylic acids is 2. The van der Waals surface area contributed by atoms with E-state index in [9.17, 15) is 14.7 Å². The van der Waals surface area contributed by atoms with Crippen LogP contribution in [0.4, 0.5) is 0 Å². The number of hydrogen-bond acceptors (Lipinski definition) is 4. The zero-order valence-corrected chi connectivity index (χ0v) is 11.7. The Morgan fingerprint density at radius 3 is 2.22 bits per heavy atom. The predicted molar refractivity (Wildman–Crippen MR) is 70.1 cm³/mol. The van der Waals surface area contributed by atoms with E-state index in [1.807, 2.05) is 11.8 Å². The quantitative estimate of drug-likeness (QED) is 0.505. The number of amides is 2. The van der Waals surface area contributed by atoms with Crippen molar-refractivity contribution in [2.24, 2.45) is 0 Å². The molecule has 0 bridgehead atoms. The topological polar surface area (TPSA) is 81.7 Å². The molecule has 6 nitrogen and oxygen atoms in total. The largest absolute Gasteiger partial charge is 0.389 e. The predicted octanol–water partition coefficient (Wildman–Crippen LogP) is -0.668. The second-order valence-electron chi connectivity index (χ2n) is 4.95. The van der Waals surface area contributed by atoms with Gasteiger partial charge in [0.1, 0.15) is 0 Å². The molecule has 0 aromatic heterocycles. The molecule has 0 saturated carbocycles. The zero-order chi connectivity index (χ0) is 14.2. The molecule has 0 aromatic carbocycles. The highest BCUT2D eigenvalue weighted by Gasteiger charge is 2.18. The third kappa shape index (κ3) is 10.0. The van der Waals surface area contributed by atoms with E-state index in [0.717, 1.165) is 0 Å². The van der Waals surface area contributed by atoms with Gasteiger partial charge in [-0.05, 0) is 20.4 Å². The molecule has 0 fully saturated rings. The first-order valence-corrected chi connectivity index (χ1v) is 6.20. The molecule has 0 atom stereocenters. The van der Waals surface area contributed by atoms with Crippen molar-refractivity contribution in [3.8, 4) is 0 Å². The summed E-state index contributed by atoms with van der Waals surface area (Å²) < 4.78 is 0. The summed E-state index contributed by atoms with van der Waals surface area (Å²) in [5.74, 6) is -0.215. The van der Waals surface area contributed by atoms with Crippen LogP contribution in [0.15, 0.2) is 0 Å². The summed E-state index contributed by atoms with van der Waals surface area (Å²) in [6, 6.07) is 0. The van der Waals surface area contributed by atoms with E-state index in [1.165, 1.54) is 6.92 Å². The Bertz CT molecular complexity index is 274. The summed E-state index contributed by atoms with van der Waals surface area (Å²) >= 11 is 0. The highest BCUT2D eigenvalue weighted by Crippen LogP contribution is 2.03. The third-order valence-electron chi connectivity index (χ3n) is 2.25. The highest BCUT2D eigenvalue weighted by atomic mass is 16.3. The first-order valence-electron chi connectivity index (χ1n) is 6.20. The molecule has 0 unspecified atom stereocenters. The minimum atomic E-state index is -0.813. The lowest BCUT2D eigenvalue weighted by molar-refractivity contribution is -0.123. The van der Waals surface area contributed by atoms with E-state index in [-0.39, 0.29) is 18.4 Å². The van der Waals surface area contributed by atoms with E-state index in [2.05, 4.69) is 10.6 Å². The lowest BCUT2D eigenvalue weighted by Crippen LogP contribution is -2.45. The van der Waals surface area contributed by atoms with Gasteiger partial charge in [0.15, 0.2) is 0 Å². The van der Waals surface area contributed by atoms with Gasteiger partial charge in [0.05, 0.1) is 12.1 Å². The molecule has 2 amide bonds. The Morgan fingerprint density at radius 1 is 1.22 bits per heavy atom. The number of nitrogens with one attached hydrogen (secondary N) is 2. The van der Waals surface area contributed by atoms with Gasteiger partial charge in [-0.3, -0.25) is 14.5 Å². The van der Waals surface area contributed by atoms with Crippen LogP contribution in [0.1, 0.15) is 27.7 Å². The summed E-state index contributed by atoms with van der Waals surface area (Å²) in [6.07, 6.45) is 0. The van der Waals surface area contributed by atoms with Crippen LogP contribution < -0.4 is 10.6 Å². The Labute approximate surface area is 109 Å². The van der Waals surface area contributed by atoms with Gasteiger partial charge in [-0.1, -0.05) is 6.92 Å². The van der Waals surface area contributed by atoms with E-state index in [1.54, 1.807) is 13.8 Å². The average Bonchev–Trinajstić information content (AvgIpc) is 2.21. The summed E-state index contributed by atoms with van der Waals surface area (Å²) in [5.41, 5.74) is -0.813. The number of nitrogens with zero attached hydrogens (tertiary/aromatic N) is 1. The van der Waals surface area contributed by atoms with Crippen molar-refractivity contribution in [1.29, 1.82) is 0 Å². The van der Waals surface area contributed by atoms with E-state index >= 15 is 0 Å². The van der Waals surface area contributed by atoms with Crippen molar-refractivity contribution in [3.63, 3.8) is 0 Å². The SMILES string of the molecule is CCN(CC(=O)NCCNC(C)=O)CC(C)(C)O. The van der Waals surface area contributed by atoms with Gasteiger partial charge < -0.3 is 15.7 Å². The molecule has 0 spiro atoms. The van der Waals surface area contributed by atoms with Crippen molar-refractivity contribution in [1.82, 2.24) is 15.5 Å². The van der Waals surface area contributed by atoms with Crippen LogP contribution in [-0.4, -0.2) is 60.1 Å². The Hall–Kier alpha value is -1.14. The van der Waals surface area contributed by atoms with E-state index in [0.29, 0.717) is 26.2 Å². The van der Waals surface area contributed by atoms with Gasteiger partial charge >= 0.3 is 0 Å².